The number of benzene rings is 1. The van der Waals surface area contributed by atoms with Gasteiger partial charge in [-0.05, 0) is 6.07 Å². The number of carboxylic acids is 1. The lowest BCUT2D eigenvalue weighted by atomic mass is 10.1. The largest absolute Gasteiger partial charge is 0.495 e. The van der Waals surface area contributed by atoms with Gasteiger partial charge >= 0.3 is 5.97 Å². The highest BCUT2D eigenvalue weighted by Gasteiger charge is 2.15. The van der Waals surface area contributed by atoms with E-state index in [9.17, 15) is 4.79 Å². The van der Waals surface area contributed by atoms with E-state index in [1.54, 1.807) is 19.2 Å². The molecule has 0 aliphatic carbocycles. The Morgan fingerprint density at radius 1 is 1.56 bits per heavy atom. The van der Waals surface area contributed by atoms with Crippen LogP contribution in [0.1, 0.15) is 5.56 Å². The molecule has 4 nitrogen and oxygen atoms in total. The molecule has 0 saturated heterocycles. The molecule has 0 unspecified atom stereocenters. The third kappa shape index (κ3) is 1.72. The van der Waals surface area contributed by atoms with Gasteiger partial charge in [-0.25, -0.2) is 0 Å². The lowest BCUT2D eigenvalue weighted by Crippen LogP contribution is -1.99. The normalized spacial score (nSPS) is 10.6. The molecule has 1 heterocycles. The smallest absolute Gasteiger partial charge is 0.307 e. The number of hydrogen-bond acceptors (Lipinski definition) is 2. The Morgan fingerprint density at radius 3 is 2.94 bits per heavy atom. The van der Waals surface area contributed by atoms with Gasteiger partial charge in [0.1, 0.15) is 10.9 Å². The molecule has 5 heteroatoms. The van der Waals surface area contributed by atoms with Crippen molar-refractivity contribution in [3.05, 3.63) is 28.9 Å². The number of nitrogens with one attached hydrogen (secondary N) is 1. The van der Waals surface area contributed by atoms with Crippen molar-refractivity contribution in [1.82, 2.24) is 4.98 Å². The van der Waals surface area contributed by atoms with E-state index in [4.69, 9.17) is 21.4 Å². The number of carbonyl (C=O) groups is 1. The molecular formula is C11H10ClNO3. The number of aromatic nitrogens is 1. The van der Waals surface area contributed by atoms with E-state index in [0.717, 1.165) is 10.9 Å². The average Bonchev–Trinajstić information content (AvgIpc) is 2.55. The molecule has 16 heavy (non-hydrogen) atoms. The van der Waals surface area contributed by atoms with Crippen LogP contribution in [0.2, 0.25) is 5.15 Å². The molecule has 0 atom stereocenters. The van der Waals surface area contributed by atoms with Crippen molar-refractivity contribution in [1.29, 1.82) is 0 Å². The third-order valence-corrected chi connectivity index (χ3v) is 2.72. The average molecular weight is 240 g/mol. The number of para-hydroxylation sites is 1. The second-order valence-corrected chi connectivity index (χ2v) is 3.75. The van der Waals surface area contributed by atoms with Crippen LogP contribution in [0.4, 0.5) is 0 Å². The number of ether oxygens (including phenoxy) is 1. The van der Waals surface area contributed by atoms with Gasteiger partial charge < -0.3 is 14.8 Å². The first-order chi connectivity index (χ1) is 7.63. The summed E-state index contributed by atoms with van der Waals surface area (Å²) in [5, 5.41) is 9.92. The molecule has 2 rings (SSSR count). The Bertz CT molecular complexity index is 547. The van der Waals surface area contributed by atoms with Crippen molar-refractivity contribution in [3.8, 4) is 5.75 Å². The number of halogens is 1. The minimum absolute atomic E-state index is 0.105. The van der Waals surface area contributed by atoms with Gasteiger partial charge in [-0.15, -0.1) is 0 Å². The van der Waals surface area contributed by atoms with Gasteiger partial charge in [0.2, 0.25) is 0 Å². The van der Waals surface area contributed by atoms with Gasteiger partial charge in [-0.2, -0.15) is 0 Å². The number of aliphatic carboxylic acids is 1. The first-order valence-electron chi connectivity index (χ1n) is 4.68. The highest BCUT2D eigenvalue weighted by Crippen LogP contribution is 2.32. The Labute approximate surface area is 96.8 Å². The molecule has 1 aromatic carbocycles. The van der Waals surface area contributed by atoms with E-state index >= 15 is 0 Å². The molecule has 1 aromatic heterocycles. The zero-order valence-corrected chi connectivity index (χ0v) is 9.34. The zero-order chi connectivity index (χ0) is 11.7. The van der Waals surface area contributed by atoms with Crippen molar-refractivity contribution in [2.45, 2.75) is 6.42 Å². The predicted molar refractivity (Wildman–Crippen MR) is 61.2 cm³/mol. The van der Waals surface area contributed by atoms with Gasteiger partial charge in [-0.3, -0.25) is 4.79 Å². The second kappa shape index (κ2) is 4.06. The van der Waals surface area contributed by atoms with E-state index in [2.05, 4.69) is 4.98 Å². The van der Waals surface area contributed by atoms with Crippen molar-refractivity contribution < 1.29 is 14.6 Å². The van der Waals surface area contributed by atoms with Gasteiger partial charge in [0.05, 0.1) is 19.0 Å². The summed E-state index contributed by atoms with van der Waals surface area (Å²) in [6, 6.07) is 5.41. The Kier molecular flexibility index (Phi) is 2.75. The van der Waals surface area contributed by atoms with Gasteiger partial charge in [-0.1, -0.05) is 23.7 Å². The van der Waals surface area contributed by atoms with Crippen LogP contribution in [-0.2, 0) is 11.2 Å². The minimum atomic E-state index is -0.911. The minimum Gasteiger partial charge on any atom is -0.495 e. The summed E-state index contributed by atoms with van der Waals surface area (Å²) in [6.07, 6.45) is -0.105. The highest BCUT2D eigenvalue weighted by molar-refractivity contribution is 6.32. The molecule has 2 N–H and O–H groups in total. The molecule has 0 bridgehead atoms. The monoisotopic (exact) mass is 239 g/mol. The van der Waals surface area contributed by atoms with E-state index < -0.39 is 5.97 Å². The van der Waals surface area contributed by atoms with Crippen molar-refractivity contribution in [3.63, 3.8) is 0 Å². The number of rotatable bonds is 3. The van der Waals surface area contributed by atoms with Crippen LogP contribution in [0.15, 0.2) is 18.2 Å². The Hall–Kier alpha value is -1.68. The molecule has 0 aliphatic heterocycles. The zero-order valence-electron chi connectivity index (χ0n) is 8.58. The number of carboxylic acid groups (broad SMARTS) is 1. The molecular weight excluding hydrogens is 230 g/mol. The van der Waals surface area contributed by atoms with E-state index in [0.29, 0.717) is 16.5 Å². The van der Waals surface area contributed by atoms with Crippen LogP contribution in [0.25, 0.3) is 10.9 Å². The number of hydrogen-bond donors (Lipinski definition) is 2. The standard InChI is InChI=1S/C11H10ClNO3/c1-16-8-4-2-3-6-7(5-9(14)15)11(12)13-10(6)8/h2-4,13H,5H2,1H3,(H,14,15). The van der Waals surface area contributed by atoms with Gasteiger partial charge in [0, 0.05) is 10.9 Å². The van der Waals surface area contributed by atoms with Crippen molar-refractivity contribution in [2.24, 2.45) is 0 Å². The fourth-order valence-electron chi connectivity index (χ4n) is 1.71. The van der Waals surface area contributed by atoms with Crippen molar-refractivity contribution >= 4 is 28.5 Å². The molecule has 0 amide bonds. The summed E-state index contributed by atoms with van der Waals surface area (Å²) in [5.74, 6) is -0.262. The van der Waals surface area contributed by atoms with Gasteiger partial charge in [0.15, 0.2) is 0 Å². The summed E-state index contributed by atoms with van der Waals surface area (Å²) in [5.41, 5.74) is 1.31. The predicted octanol–water partition coefficient (Wildman–Crippen LogP) is 2.46. The SMILES string of the molecule is COc1cccc2c(CC(=O)O)c(Cl)[nH]c12. The number of H-pyrrole nitrogens is 1. The highest BCUT2D eigenvalue weighted by atomic mass is 35.5. The van der Waals surface area contributed by atoms with Crippen LogP contribution in [-0.4, -0.2) is 23.2 Å². The summed E-state index contributed by atoms with van der Waals surface area (Å²) in [7, 11) is 1.56. The lowest BCUT2D eigenvalue weighted by Gasteiger charge is -2.00. The summed E-state index contributed by atoms with van der Waals surface area (Å²) >= 11 is 5.97. The van der Waals surface area contributed by atoms with Crippen LogP contribution >= 0.6 is 11.6 Å². The molecule has 0 spiro atoms. The van der Waals surface area contributed by atoms with Crippen LogP contribution in [0, 0.1) is 0 Å². The third-order valence-electron chi connectivity index (χ3n) is 2.40. The quantitative estimate of drug-likeness (QED) is 0.865. The van der Waals surface area contributed by atoms with E-state index in [1.165, 1.54) is 0 Å². The topological polar surface area (TPSA) is 62.3 Å². The maximum absolute atomic E-state index is 10.7. The van der Waals surface area contributed by atoms with Crippen LogP contribution in [0.3, 0.4) is 0 Å². The molecule has 0 saturated carbocycles. The van der Waals surface area contributed by atoms with E-state index in [1.807, 2.05) is 6.07 Å². The van der Waals surface area contributed by atoms with Crippen LogP contribution in [0.5, 0.6) is 5.75 Å². The summed E-state index contributed by atoms with van der Waals surface area (Å²) in [6.45, 7) is 0. The Balaban J connectivity index is 2.66. The second-order valence-electron chi connectivity index (χ2n) is 3.37. The molecule has 0 fully saturated rings. The molecule has 0 aliphatic rings. The van der Waals surface area contributed by atoms with E-state index in [-0.39, 0.29) is 6.42 Å². The fourth-order valence-corrected chi connectivity index (χ4v) is 1.97. The number of aromatic amines is 1. The first-order valence-corrected chi connectivity index (χ1v) is 5.06. The maximum atomic E-state index is 10.7. The molecule has 2 aromatic rings. The summed E-state index contributed by atoms with van der Waals surface area (Å²) < 4.78 is 5.16. The van der Waals surface area contributed by atoms with Crippen molar-refractivity contribution in [2.75, 3.05) is 7.11 Å². The lowest BCUT2D eigenvalue weighted by molar-refractivity contribution is -0.136. The van der Waals surface area contributed by atoms with Gasteiger partial charge in [0.25, 0.3) is 0 Å². The first kappa shape index (κ1) is 10.8. The maximum Gasteiger partial charge on any atom is 0.307 e. The fraction of sp³-hybridized carbons (Fsp3) is 0.182. The van der Waals surface area contributed by atoms with Crippen LogP contribution < -0.4 is 4.74 Å². The molecule has 84 valence electrons. The number of methoxy groups -OCH3 is 1. The number of fused-ring (bicyclic) bond motifs is 1. The summed E-state index contributed by atoms with van der Waals surface area (Å²) in [4.78, 5) is 13.6. The molecule has 0 radical (unpaired) electrons. The Morgan fingerprint density at radius 2 is 2.31 bits per heavy atom.